The normalized spacial score (nSPS) is 19.2. The van der Waals surface area contributed by atoms with E-state index in [1.807, 2.05) is 0 Å². The molecule has 0 bridgehead atoms. The number of alkyl halides is 3. The Hall–Kier alpha value is -2.65. The lowest BCUT2D eigenvalue weighted by Crippen LogP contribution is -2.30. The number of rotatable bonds is 6. The van der Waals surface area contributed by atoms with Gasteiger partial charge in [0.15, 0.2) is 6.23 Å². The summed E-state index contributed by atoms with van der Waals surface area (Å²) in [5, 5.41) is -0.225. The lowest BCUT2D eigenvalue weighted by atomic mass is 10.1. The number of hydrogen-bond acceptors (Lipinski definition) is 5. The number of halogens is 4. The molecule has 1 heterocycles. The van der Waals surface area contributed by atoms with Crippen molar-refractivity contribution in [2.24, 2.45) is 0 Å². The minimum Gasteiger partial charge on any atom is -0.496 e. The van der Waals surface area contributed by atoms with Gasteiger partial charge in [0.05, 0.1) is 24.8 Å². The first-order valence-electron chi connectivity index (χ1n) is 8.85. The van der Waals surface area contributed by atoms with E-state index in [9.17, 15) is 18.0 Å². The second-order valence-electron chi connectivity index (χ2n) is 6.49. The Labute approximate surface area is 176 Å². The molecule has 0 aliphatic carbocycles. The van der Waals surface area contributed by atoms with Gasteiger partial charge in [0.1, 0.15) is 23.4 Å². The third kappa shape index (κ3) is 4.57. The Bertz CT molecular complexity index is 915. The predicted molar refractivity (Wildman–Crippen MR) is 102 cm³/mol. The molecule has 30 heavy (non-hydrogen) atoms. The summed E-state index contributed by atoms with van der Waals surface area (Å²) in [7, 11) is 2.98. The highest BCUT2D eigenvalue weighted by molar-refractivity contribution is 6.32. The molecule has 0 radical (unpaired) electrons. The number of methoxy groups -OCH3 is 2. The van der Waals surface area contributed by atoms with Crippen molar-refractivity contribution in [1.82, 2.24) is 4.90 Å². The molecule has 0 spiro atoms. The van der Waals surface area contributed by atoms with Crippen LogP contribution in [0.15, 0.2) is 36.4 Å². The number of benzene rings is 2. The summed E-state index contributed by atoms with van der Waals surface area (Å²) < 4.78 is 57.9. The fourth-order valence-corrected chi connectivity index (χ4v) is 3.47. The molecule has 6 nitrogen and oxygen atoms in total. The Morgan fingerprint density at radius 3 is 2.27 bits per heavy atom. The quantitative estimate of drug-likeness (QED) is 0.645. The van der Waals surface area contributed by atoms with Gasteiger partial charge in [0.2, 0.25) is 0 Å². The van der Waals surface area contributed by atoms with E-state index in [2.05, 4.69) is 4.74 Å². The van der Waals surface area contributed by atoms with Gasteiger partial charge < -0.3 is 23.8 Å². The molecule has 0 aromatic heterocycles. The van der Waals surface area contributed by atoms with Crippen LogP contribution in [0, 0.1) is 0 Å². The van der Waals surface area contributed by atoms with Crippen LogP contribution in [0.25, 0.3) is 0 Å². The molecular formula is C20H19ClF3NO5. The molecule has 162 valence electrons. The van der Waals surface area contributed by atoms with Gasteiger partial charge in [-0.15, -0.1) is 13.2 Å². The average molecular weight is 446 g/mol. The van der Waals surface area contributed by atoms with Crippen LogP contribution in [0.2, 0.25) is 5.02 Å². The molecule has 1 saturated heterocycles. The second kappa shape index (κ2) is 8.61. The third-order valence-corrected chi connectivity index (χ3v) is 4.83. The average Bonchev–Trinajstić information content (AvgIpc) is 2.96. The minimum absolute atomic E-state index is 0.0427. The molecule has 1 amide bonds. The first kappa shape index (κ1) is 22.0. The lowest BCUT2D eigenvalue weighted by molar-refractivity contribution is -0.274. The molecule has 1 aliphatic heterocycles. The van der Waals surface area contributed by atoms with E-state index in [1.165, 1.54) is 31.3 Å². The smallest absolute Gasteiger partial charge is 0.496 e. The number of nitrogens with zero attached hydrogens (tertiary/aromatic N) is 1. The van der Waals surface area contributed by atoms with Crippen molar-refractivity contribution in [2.45, 2.75) is 32.2 Å². The fourth-order valence-electron chi connectivity index (χ4n) is 3.23. The summed E-state index contributed by atoms with van der Waals surface area (Å²) >= 11 is 5.94. The molecule has 2 aromatic rings. The van der Waals surface area contributed by atoms with E-state index < -0.39 is 24.4 Å². The van der Waals surface area contributed by atoms with E-state index in [0.29, 0.717) is 22.6 Å². The number of carbonyl (C=O) groups is 1. The van der Waals surface area contributed by atoms with Gasteiger partial charge in [0.25, 0.3) is 5.91 Å². The van der Waals surface area contributed by atoms with Gasteiger partial charge in [0, 0.05) is 6.54 Å². The summed E-state index contributed by atoms with van der Waals surface area (Å²) in [5.41, 5.74) is 1.03. The predicted octanol–water partition coefficient (Wildman–Crippen LogP) is 4.70. The molecule has 2 atom stereocenters. The van der Waals surface area contributed by atoms with Gasteiger partial charge in [-0.3, -0.25) is 4.79 Å². The van der Waals surface area contributed by atoms with Gasteiger partial charge in [-0.2, -0.15) is 0 Å². The first-order chi connectivity index (χ1) is 14.1. The van der Waals surface area contributed by atoms with Gasteiger partial charge in [-0.1, -0.05) is 23.7 Å². The van der Waals surface area contributed by atoms with Gasteiger partial charge >= 0.3 is 6.36 Å². The number of ether oxygens (including phenoxy) is 4. The van der Waals surface area contributed by atoms with Crippen LogP contribution in [0.3, 0.4) is 0 Å². The van der Waals surface area contributed by atoms with E-state index in [-0.39, 0.29) is 17.5 Å². The highest BCUT2D eigenvalue weighted by Crippen LogP contribution is 2.42. The minimum atomic E-state index is -4.86. The number of hydrogen-bond donors (Lipinski definition) is 0. The van der Waals surface area contributed by atoms with Crippen molar-refractivity contribution in [2.75, 3.05) is 14.2 Å². The molecule has 3 rings (SSSR count). The molecule has 0 saturated carbocycles. The molecule has 0 N–H and O–H groups in total. The van der Waals surface area contributed by atoms with Crippen molar-refractivity contribution in [3.05, 3.63) is 52.5 Å². The largest absolute Gasteiger partial charge is 0.573 e. The molecule has 2 unspecified atom stereocenters. The van der Waals surface area contributed by atoms with E-state index >= 15 is 0 Å². The van der Waals surface area contributed by atoms with E-state index in [0.717, 1.165) is 6.07 Å². The van der Waals surface area contributed by atoms with E-state index in [4.69, 9.17) is 25.8 Å². The van der Waals surface area contributed by atoms with Crippen molar-refractivity contribution in [1.29, 1.82) is 0 Å². The Kier molecular flexibility index (Phi) is 6.33. The first-order valence-corrected chi connectivity index (χ1v) is 9.23. The molecule has 1 fully saturated rings. The summed E-state index contributed by atoms with van der Waals surface area (Å²) in [4.78, 5) is 14.2. The zero-order chi connectivity index (χ0) is 22.1. The fraction of sp³-hybridized carbons (Fsp3) is 0.350. The SMILES string of the molecule is COc1cccc(OC)c1C1OC(C)C(=O)N1Cc1ccc(OC(F)(F)F)c(Cl)c1. The Balaban J connectivity index is 1.93. The van der Waals surface area contributed by atoms with Gasteiger partial charge in [-0.25, -0.2) is 0 Å². The van der Waals surface area contributed by atoms with Crippen LogP contribution in [0.1, 0.15) is 24.3 Å². The molecule has 2 aromatic carbocycles. The van der Waals surface area contributed by atoms with Crippen LogP contribution >= 0.6 is 11.6 Å². The van der Waals surface area contributed by atoms with Crippen molar-refractivity contribution in [3.63, 3.8) is 0 Å². The molecule has 10 heteroatoms. The maximum atomic E-state index is 12.7. The van der Waals surface area contributed by atoms with Crippen LogP contribution in [-0.2, 0) is 16.1 Å². The summed E-state index contributed by atoms with van der Waals surface area (Å²) in [6.07, 6.45) is -6.40. The number of amides is 1. The van der Waals surface area contributed by atoms with Crippen LogP contribution in [-0.4, -0.2) is 37.5 Å². The summed E-state index contributed by atoms with van der Waals surface area (Å²) in [6.45, 7) is 1.66. The van der Waals surface area contributed by atoms with Crippen molar-refractivity contribution in [3.8, 4) is 17.2 Å². The molecule has 1 aliphatic rings. The van der Waals surface area contributed by atoms with Crippen LogP contribution in [0.5, 0.6) is 17.2 Å². The monoisotopic (exact) mass is 445 g/mol. The Morgan fingerprint density at radius 1 is 1.10 bits per heavy atom. The maximum absolute atomic E-state index is 12.7. The highest BCUT2D eigenvalue weighted by Gasteiger charge is 2.41. The summed E-state index contributed by atoms with van der Waals surface area (Å²) in [5.74, 6) is 0.129. The standard InChI is InChI=1S/C20H19ClF3NO5/c1-11-18(26)25(10-12-7-8-14(13(21)9-12)30-20(22,23)24)19(29-11)17-15(27-2)5-4-6-16(17)28-3/h4-9,11,19H,10H2,1-3H3. The highest BCUT2D eigenvalue weighted by atomic mass is 35.5. The van der Waals surface area contributed by atoms with Crippen molar-refractivity contribution < 1.29 is 36.9 Å². The lowest BCUT2D eigenvalue weighted by Gasteiger charge is -2.26. The third-order valence-electron chi connectivity index (χ3n) is 4.53. The van der Waals surface area contributed by atoms with Crippen LogP contribution in [0.4, 0.5) is 13.2 Å². The van der Waals surface area contributed by atoms with Crippen LogP contribution < -0.4 is 14.2 Å². The Morgan fingerprint density at radius 2 is 1.73 bits per heavy atom. The van der Waals surface area contributed by atoms with E-state index in [1.54, 1.807) is 25.1 Å². The maximum Gasteiger partial charge on any atom is 0.573 e. The number of carbonyl (C=O) groups excluding carboxylic acids is 1. The summed E-state index contributed by atoms with van der Waals surface area (Å²) in [6, 6.07) is 8.99. The zero-order valence-corrected chi connectivity index (χ0v) is 17.1. The zero-order valence-electron chi connectivity index (χ0n) is 16.3. The van der Waals surface area contributed by atoms with Crippen molar-refractivity contribution >= 4 is 17.5 Å². The second-order valence-corrected chi connectivity index (χ2v) is 6.89. The molecular weight excluding hydrogens is 427 g/mol. The van der Waals surface area contributed by atoms with Gasteiger partial charge in [-0.05, 0) is 36.8 Å². The topological polar surface area (TPSA) is 57.2 Å².